The Hall–Kier alpha value is -1.30. The van der Waals surface area contributed by atoms with Gasteiger partial charge in [-0.3, -0.25) is 4.90 Å². The van der Waals surface area contributed by atoms with Crippen LogP contribution in [0.5, 0.6) is 0 Å². The average Bonchev–Trinajstić information content (AvgIpc) is 2.72. The molecule has 21 heavy (non-hydrogen) atoms. The van der Waals surface area contributed by atoms with Gasteiger partial charge in [-0.1, -0.05) is 49.8 Å². The first kappa shape index (κ1) is 16.1. The molecule has 0 aromatic heterocycles. The zero-order chi connectivity index (χ0) is 14.9. The lowest BCUT2D eigenvalue weighted by Crippen LogP contribution is -2.24. The number of likely N-dealkylation sites (tertiary alicyclic amines) is 1. The summed E-state index contributed by atoms with van der Waals surface area (Å²) in [6.07, 6.45) is 6.72. The van der Waals surface area contributed by atoms with E-state index in [0.717, 1.165) is 18.0 Å². The summed E-state index contributed by atoms with van der Waals surface area (Å²) in [4.78, 5) is 2.56. The number of hydrogen-bond acceptors (Lipinski definition) is 2. The minimum atomic E-state index is -0.0727. The van der Waals surface area contributed by atoms with Crippen molar-refractivity contribution in [2.75, 3.05) is 19.7 Å². The van der Waals surface area contributed by atoms with E-state index in [1.54, 1.807) is 0 Å². The topological polar surface area (TPSA) is 23.5 Å². The van der Waals surface area contributed by atoms with Crippen LogP contribution < -0.4 is 0 Å². The second kappa shape index (κ2) is 8.87. The van der Waals surface area contributed by atoms with Gasteiger partial charge in [-0.15, -0.1) is 0 Å². The van der Waals surface area contributed by atoms with Gasteiger partial charge in [0.25, 0.3) is 0 Å². The van der Waals surface area contributed by atoms with E-state index in [4.69, 9.17) is 5.11 Å². The molecular formula is C19H27NO. The molecule has 2 rings (SSSR count). The molecular weight excluding hydrogens is 258 g/mol. The van der Waals surface area contributed by atoms with Crippen LogP contribution in [0.4, 0.5) is 0 Å². The molecule has 1 heterocycles. The monoisotopic (exact) mass is 285 g/mol. The Labute approximate surface area is 129 Å². The molecule has 1 aliphatic heterocycles. The van der Waals surface area contributed by atoms with Crippen molar-refractivity contribution in [2.24, 2.45) is 5.92 Å². The van der Waals surface area contributed by atoms with Crippen molar-refractivity contribution >= 4 is 0 Å². The largest absolute Gasteiger partial charge is 0.384 e. The van der Waals surface area contributed by atoms with E-state index in [9.17, 15) is 0 Å². The van der Waals surface area contributed by atoms with Gasteiger partial charge in [0.2, 0.25) is 0 Å². The molecule has 1 unspecified atom stereocenters. The van der Waals surface area contributed by atoms with Gasteiger partial charge in [-0.2, -0.15) is 0 Å². The molecule has 0 bridgehead atoms. The molecule has 1 N–H and O–H groups in total. The molecule has 2 heteroatoms. The van der Waals surface area contributed by atoms with Gasteiger partial charge in [-0.25, -0.2) is 0 Å². The summed E-state index contributed by atoms with van der Waals surface area (Å²) in [6, 6.07) is 8.31. The predicted molar refractivity (Wildman–Crippen MR) is 87.9 cm³/mol. The SMILES string of the molecule is CCCC1CCCN(Cc2ccccc2C#CCO)CC1. The van der Waals surface area contributed by atoms with Crippen LogP contribution in [0.2, 0.25) is 0 Å². The smallest absolute Gasteiger partial charge is 0.104 e. The summed E-state index contributed by atoms with van der Waals surface area (Å²) < 4.78 is 0. The van der Waals surface area contributed by atoms with Gasteiger partial charge >= 0.3 is 0 Å². The highest BCUT2D eigenvalue weighted by Gasteiger charge is 2.17. The summed E-state index contributed by atoms with van der Waals surface area (Å²) in [5.74, 6) is 6.76. The lowest BCUT2D eigenvalue weighted by Gasteiger charge is -2.21. The number of benzene rings is 1. The Morgan fingerprint density at radius 1 is 1.24 bits per heavy atom. The van der Waals surface area contributed by atoms with Gasteiger partial charge in [0.15, 0.2) is 0 Å². The van der Waals surface area contributed by atoms with Crippen molar-refractivity contribution in [3.05, 3.63) is 35.4 Å². The molecule has 1 aromatic carbocycles. The third kappa shape index (κ3) is 5.19. The lowest BCUT2D eigenvalue weighted by atomic mass is 9.96. The molecule has 0 saturated carbocycles. The molecule has 0 aliphatic carbocycles. The van der Waals surface area contributed by atoms with Crippen LogP contribution in [0.25, 0.3) is 0 Å². The van der Waals surface area contributed by atoms with Crippen LogP contribution in [0.15, 0.2) is 24.3 Å². The molecule has 114 valence electrons. The molecule has 1 fully saturated rings. The van der Waals surface area contributed by atoms with E-state index >= 15 is 0 Å². The molecule has 1 aliphatic rings. The molecule has 1 atom stereocenters. The van der Waals surface area contributed by atoms with E-state index in [-0.39, 0.29) is 6.61 Å². The van der Waals surface area contributed by atoms with Crippen molar-refractivity contribution < 1.29 is 5.11 Å². The van der Waals surface area contributed by atoms with Crippen LogP contribution in [-0.4, -0.2) is 29.7 Å². The Balaban J connectivity index is 1.98. The molecule has 1 saturated heterocycles. The number of aliphatic hydroxyl groups is 1. The third-order valence-corrected chi connectivity index (χ3v) is 4.35. The minimum Gasteiger partial charge on any atom is -0.384 e. The fraction of sp³-hybridized carbons (Fsp3) is 0.579. The maximum absolute atomic E-state index is 8.87. The highest BCUT2D eigenvalue weighted by molar-refractivity contribution is 5.41. The van der Waals surface area contributed by atoms with Crippen molar-refractivity contribution in [2.45, 2.75) is 45.6 Å². The first-order valence-corrected chi connectivity index (χ1v) is 8.23. The Morgan fingerprint density at radius 2 is 2.10 bits per heavy atom. The summed E-state index contributed by atoms with van der Waals surface area (Å²) in [5.41, 5.74) is 2.34. The zero-order valence-electron chi connectivity index (χ0n) is 13.1. The summed E-state index contributed by atoms with van der Waals surface area (Å²) in [5, 5.41) is 8.87. The van der Waals surface area contributed by atoms with Crippen molar-refractivity contribution in [1.29, 1.82) is 0 Å². The maximum atomic E-state index is 8.87. The van der Waals surface area contributed by atoms with Crippen LogP contribution in [0.1, 0.15) is 50.2 Å². The lowest BCUT2D eigenvalue weighted by molar-refractivity contribution is 0.271. The first-order valence-electron chi connectivity index (χ1n) is 8.23. The van der Waals surface area contributed by atoms with E-state index in [1.165, 1.54) is 50.8 Å². The van der Waals surface area contributed by atoms with E-state index in [0.29, 0.717) is 0 Å². The molecule has 1 aromatic rings. The van der Waals surface area contributed by atoms with Gasteiger partial charge in [0.05, 0.1) is 0 Å². The number of nitrogens with zero attached hydrogens (tertiary/aromatic N) is 1. The quantitative estimate of drug-likeness (QED) is 0.857. The van der Waals surface area contributed by atoms with Gasteiger partial charge in [0.1, 0.15) is 6.61 Å². The standard InChI is InChI=1S/C19H27NO/c1-2-7-17-8-5-13-20(14-12-17)16-19-10-4-3-9-18(19)11-6-15-21/h3-4,9-10,17,21H,2,5,7-8,12-16H2,1H3. The van der Waals surface area contributed by atoms with Crippen molar-refractivity contribution in [1.82, 2.24) is 4.90 Å². The molecule has 2 nitrogen and oxygen atoms in total. The van der Waals surface area contributed by atoms with Crippen molar-refractivity contribution in [3.8, 4) is 11.8 Å². The summed E-state index contributed by atoms with van der Waals surface area (Å²) in [7, 11) is 0. The Morgan fingerprint density at radius 3 is 2.90 bits per heavy atom. The first-order chi connectivity index (χ1) is 10.3. The maximum Gasteiger partial charge on any atom is 0.104 e. The van der Waals surface area contributed by atoms with E-state index in [2.05, 4.69) is 41.9 Å². The molecule has 0 radical (unpaired) electrons. The third-order valence-electron chi connectivity index (χ3n) is 4.35. The van der Waals surface area contributed by atoms with Crippen LogP contribution in [0.3, 0.4) is 0 Å². The van der Waals surface area contributed by atoms with Crippen LogP contribution in [-0.2, 0) is 6.54 Å². The second-order valence-corrected chi connectivity index (χ2v) is 5.98. The Bertz CT molecular complexity index is 486. The van der Waals surface area contributed by atoms with Gasteiger partial charge in [0, 0.05) is 12.1 Å². The average molecular weight is 285 g/mol. The van der Waals surface area contributed by atoms with Crippen molar-refractivity contribution in [3.63, 3.8) is 0 Å². The van der Waals surface area contributed by atoms with Crippen LogP contribution >= 0.6 is 0 Å². The fourth-order valence-corrected chi connectivity index (χ4v) is 3.24. The van der Waals surface area contributed by atoms with Gasteiger partial charge in [-0.05, 0) is 49.9 Å². The van der Waals surface area contributed by atoms with Gasteiger partial charge < -0.3 is 5.11 Å². The number of aliphatic hydroxyl groups excluding tert-OH is 1. The Kier molecular flexibility index (Phi) is 6.79. The molecule has 0 amide bonds. The van der Waals surface area contributed by atoms with Crippen LogP contribution in [0, 0.1) is 17.8 Å². The summed E-state index contributed by atoms with van der Waals surface area (Å²) >= 11 is 0. The minimum absolute atomic E-state index is 0.0727. The zero-order valence-corrected chi connectivity index (χ0v) is 13.1. The normalized spacial score (nSPS) is 19.6. The van der Waals surface area contributed by atoms with E-state index in [1.807, 2.05) is 6.07 Å². The van der Waals surface area contributed by atoms with E-state index < -0.39 is 0 Å². The number of hydrogen-bond donors (Lipinski definition) is 1. The second-order valence-electron chi connectivity index (χ2n) is 5.98. The highest BCUT2D eigenvalue weighted by atomic mass is 16.2. The summed E-state index contributed by atoms with van der Waals surface area (Å²) in [6.45, 7) is 5.60. The fourth-order valence-electron chi connectivity index (χ4n) is 3.24. The predicted octanol–water partition coefficient (Wildman–Crippen LogP) is 3.43. The molecule has 0 spiro atoms. The highest BCUT2D eigenvalue weighted by Crippen LogP contribution is 2.23. The number of rotatable bonds is 4.